The molecule has 4 rings (SSSR count). The molecule has 1 N–H and O–H groups in total. The van der Waals surface area contributed by atoms with Crippen LogP contribution in [0.2, 0.25) is 5.02 Å². The number of hydrogen-bond acceptors (Lipinski definition) is 5. The molecule has 2 heterocycles. The molecule has 0 amide bonds. The Morgan fingerprint density at radius 1 is 1.09 bits per heavy atom. The van der Waals surface area contributed by atoms with Gasteiger partial charge < -0.3 is 10.1 Å². The zero-order valence-corrected chi connectivity index (χ0v) is 20.6. The van der Waals surface area contributed by atoms with Crippen LogP contribution in [0.1, 0.15) is 40.0 Å². The quantitative estimate of drug-likeness (QED) is 0.297. The molecule has 2 aromatic carbocycles. The Balaban J connectivity index is 1.64. The fourth-order valence-electron chi connectivity index (χ4n) is 3.71. The van der Waals surface area contributed by atoms with Gasteiger partial charge in [0.05, 0.1) is 21.8 Å². The van der Waals surface area contributed by atoms with E-state index in [2.05, 4.69) is 26.1 Å². The molecule has 0 radical (unpaired) electrons. The molecule has 0 saturated heterocycles. The van der Waals surface area contributed by atoms with Crippen molar-refractivity contribution >= 4 is 40.7 Å². The lowest BCUT2D eigenvalue weighted by molar-refractivity contribution is -0.147. The highest BCUT2D eigenvalue weighted by molar-refractivity contribution is 7.99. The van der Waals surface area contributed by atoms with Gasteiger partial charge in [-0.15, -0.1) is 0 Å². The van der Waals surface area contributed by atoms with E-state index in [0.29, 0.717) is 17.0 Å². The predicted molar refractivity (Wildman–Crippen MR) is 134 cm³/mol. The first-order chi connectivity index (χ1) is 15.7. The third-order valence-corrected chi connectivity index (χ3v) is 6.77. The van der Waals surface area contributed by atoms with E-state index < -0.39 is 0 Å². The number of fused-ring (bicyclic) bond motifs is 2. The van der Waals surface area contributed by atoms with Crippen LogP contribution in [-0.2, 0) is 16.3 Å². The number of hydrogen-bond donors (Lipinski definition) is 1. The minimum absolute atomic E-state index is 0.122. The van der Waals surface area contributed by atoms with Gasteiger partial charge in [0, 0.05) is 22.5 Å². The molecule has 33 heavy (non-hydrogen) atoms. The lowest BCUT2D eigenvalue weighted by atomic mass is 9.90. The van der Waals surface area contributed by atoms with Gasteiger partial charge >= 0.3 is 5.97 Å². The Kier molecular flexibility index (Phi) is 6.86. The van der Waals surface area contributed by atoms with Crippen molar-refractivity contribution in [1.29, 1.82) is 0 Å². The molecular formula is C26H27ClN2O3S. The lowest BCUT2D eigenvalue weighted by Crippen LogP contribution is -2.26. The number of nitrogens with one attached hydrogen (secondary N) is 1. The van der Waals surface area contributed by atoms with Crippen molar-refractivity contribution in [2.45, 2.75) is 56.6 Å². The summed E-state index contributed by atoms with van der Waals surface area (Å²) in [6.45, 7) is 6.32. The summed E-state index contributed by atoms with van der Waals surface area (Å²) in [6.07, 6.45) is 3.79. The molecule has 0 atom stereocenters. The van der Waals surface area contributed by atoms with Gasteiger partial charge in [-0.2, -0.15) is 0 Å². The number of benzene rings is 2. The highest BCUT2D eigenvalue weighted by atomic mass is 35.5. The van der Waals surface area contributed by atoms with Crippen molar-refractivity contribution in [3.8, 4) is 11.1 Å². The van der Waals surface area contributed by atoms with Crippen LogP contribution in [0.4, 0.5) is 11.4 Å². The Morgan fingerprint density at radius 2 is 1.82 bits per heavy atom. The molecule has 0 unspecified atom stereocenters. The van der Waals surface area contributed by atoms with Crippen molar-refractivity contribution in [3.05, 3.63) is 70.1 Å². The van der Waals surface area contributed by atoms with E-state index in [1.54, 1.807) is 30.1 Å². The molecule has 7 heteroatoms. The summed E-state index contributed by atoms with van der Waals surface area (Å²) in [5, 5.41) is 4.02. The lowest BCUT2D eigenvalue weighted by Gasteiger charge is -2.24. The van der Waals surface area contributed by atoms with Crippen molar-refractivity contribution in [2.24, 2.45) is 5.41 Å². The van der Waals surface area contributed by atoms with E-state index in [9.17, 15) is 9.59 Å². The van der Waals surface area contributed by atoms with Gasteiger partial charge in [-0.3, -0.25) is 14.2 Å². The maximum Gasteiger partial charge on any atom is 0.307 e. The van der Waals surface area contributed by atoms with Crippen LogP contribution >= 0.6 is 23.4 Å². The van der Waals surface area contributed by atoms with Crippen LogP contribution in [0.5, 0.6) is 0 Å². The molecule has 1 aliphatic rings. The van der Waals surface area contributed by atoms with Gasteiger partial charge in [0.25, 0.3) is 5.56 Å². The first-order valence-electron chi connectivity index (χ1n) is 10.9. The standard InChI is InChI=1S/C26H27ClN2O3S/c1-26(2,3)14-6-9-22(30)32-16-29-15-21-24(28-19-7-4-5-8-20(19)33-21)23(25(29)31)17-10-12-18(27)13-11-17/h4-5,7-8,10-13,15,28H,6,9,14,16H2,1-3H3. The summed E-state index contributed by atoms with van der Waals surface area (Å²) in [4.78, 5) is 27.7. The third kappa shape index (κ3) is 5.63. The molecule has 0 spiro atoms. The monoisotopic (exact) mass is 482 g/mol. The van der Waals surface area contributed by atoms with Gasteiger partial charge in [0.2, 0.25) is 0 Å². The van der Waals surface area contributed by atoms with Gasteiger partial charge in [0.15, 0.2) is 6.73 Å². The highest BCUT2D eigenvalue weighted by Crippen LogP contribution is 2.46. The Hall–Kier alpha value is -2.70. The summed E-state index contributed by atoms with van der Waals surface area (Å²) < 4.78 is 6.93. The Morgan fingerprint density at radius 3 is 2.55 bits per heavy atom. The number of ether oxygens (including phenoxy) is 1. The number of carbonyl (C=O) groups is 1. The summed E-state index contributed by atoms with van der Waals surface area (Å²) in [6, 6.07) is 15.1. The Bertz CT molecular complexity index is 1230. The van der Waals surface area contributed by atoms with Crippen LogP contribution in [0, 0.1) is 5.41 Å². The smallest absolute Gasteiger partial charge is 0.307 e. The van der Waals surface area contributed by atoms with Crippen LogP contribution in [0.15, 0.2) is 69.3 Å². The zero-order valence-electron chi connectivity index (χ0n) is 19.0. The number of anilines is 2. The maximum absolute atomic E-state index is 13.5. The van der Waals surface area contributed by atoms with Crippen LogP contribution in [0.25, 0.3) is 11.1 Å². The van der Waals surface area contributed by atoms with E-state index >= 15 is 0 Å². The summed E-state index contributed by atoms with van der Waals surface area (Å²) in [5.41, 5.74) is 2.91. The minimum atomic E-state index is -0.298. The number of para-hydroxylation sites is 1. The Labute approximate surface area is 203 Å². The van der Waals surface area contributed by atoms with Crippen LogP contribution < -0.4 is 10.9 Å². The van der Waals surface area contributed by atoms with Gasteiger partial charge in [0.1, 0.15) is 0 Å². The fourth-order valence-corrected chi connectivity index (χ4v) is 4.88. The molecule has 3 aromatic rings. The predicted octanol–water partition coefficient (Wildman–Crippen LogP) is 7.09. The highest BCUT2D eigenvalue weighted by Gasteiger charge is 2.24. The minimum Gasteiger partial charge on any atom is -0.444 e. The van der Waals surface area contributed by atoms with Gasteiger partial charge in [-0.25, -0.2) is 0 Å². The molecule has 1 aromatic heterocycles. The molecule has 1 aliphatic heterocycles. The average Bonchev–Trinajstić information content (AvgIpc) is 2.76. The third-order valence-electron chi connectivity index (χ3n) is 5.42. The molecule has 0 aliphatic carbocycles. The molecule has 0 bridgehead atoms. The van der Waals surface area contributed by atoms with E-state index in [1.807, 2.05) is 36.4 Å². The molecular weight excluding hydrogens is 456 g/mol. The second kappa shape index (κ2) is 9.65. The SMILES string of the molecule is CC(C)(C)CCCC(=O)OCn1cc2c(c(-c3ccc(Cl)cc3)c1=O)Nc1ccccc1S2. The second-order valence-electron chi connectivity index (χ2n) is 9.31. The van der Waals surface area contributed by atoms with E-state index in [1.165, 1.54) is 4.57 Å². The summed E-state index contributed by atoms with van der Waals surface area (Å²) in [5.74, 6) is -0.298. The second-order valence-corrected chi connectivity index (χ2v) is 10.8. The number of nitrogens with zero attached hydrogens (tertiary/aromatic N) is 1. The van der Waals surface area contributed by atoms with E-state index in [0.717, 1.165) is 39.6 Å². The number of esters is 1. The first kappa shape index (κ1) is 23.5. The normalized spacial score (nSPS) is 12.5. The maximum atomic E-state index is 13.5. The topological polar surface area (TPSA) is 60.3 Å². The van der Waals surface area contributed by atoms with Crippen molar-refractivity contribution in [3.63, 3.8) is 0 Å². The zero-order chi connectivity index (χ0) is 23.6. The fraction of sp³-hybridized carbons (Fsp3) is 0.308. The van der Waals surface area contributed by atoms with Crippen molar-refractivity contribution in [1.82, 2.24) is 4.57 Å². The van der Waals surface area contributed by atoms with E-state index in [4.69, 9.17) is 16.3 Å². The number of rotatable bonds is 6. The van der Waals surface area contributed by atoms with E-state index in [-0.39, 0.29) is 23.7 Å². The summed E-state index contributed by atoms with van der Waals surface area (Å²) in [7, 11) is 0. The van der Waals surface area contributed by atoms with Crippen LogP contribution in [-0.4, -0.2) is 10.5 Å². The molecule has 5 nitrogen and oxygen atoms in total. The van der Waals surface area contributed by atoms with Crippen molar-refractivity contribution < 1.29 is 9.53 Å². The largest absolute Gasteiger partial charge is 0.444 e. The molecule has 0 fully saturated rings. The molecule has 172 valence electrons. The summed E-state index contributed by atoms with van der Waals surface area (Å²) >= 11 is 7.65. The van der Waals surface area contributed by atoms with Crippen LogP contribution in [0.3, 0.4) is 0 Å². The van der Waals surface area contributed by atoms with Gasteiger partial charge in [-0.05, 0) is 48.1 Å². The first-order valence-corrected chi connectivity index (χ1v) is 12.1. The number of halogens is 1. The number of carbonyl (C=O) groups excluding carboxylic acids is 1. The average molecular weight is 483 g/mol. The number of aromatic nitrogens is 1. The van der Waals surface area contributed by atoms with Crippen molar-refractivity contribution in [2.75, 3.05) is 5.32 Å². The van der Waals surface area contributed by atoms with Gasteiger partial charge in [-0.1, -0.05) is 68.4 Å². The molecule has 0 saturated carbocycles. The number of pyridine rings is 1.